The first-order valence-corrected chi connectivity index (χ1v) is 8.12. The molecule has 1 aromatic rings. The van der Waals surface area contributed by atoms with E-state index in [0.29, 0.717) is 23.6 Å². The third-order valence-corrected chi connectivity index (χ3v) is 6.18. The van der Waals surface area contributed by atoms with E-state index in [2.05, 4.69) is 5.32 Å². The molecular formula is C13H17NO5Si. The van der Waals surface area contributed by atoms with Crippen LogP contribution in [0.4, 0.5) is 0 Å². The van der Waals surface area contributed by atoms with Crippen molar-refractivity contribution >= 4 is 20.6 Å². The molecule has 1 aliphatic heterocycles. The Morgan fingerprint density at radius 3 is 2.20 bits per heavy atom. The molecule has 0 bridgehead atoms. The molecule has 0 aromatic heterocycles. The highest BCUT2D eigenvalue weighted by Crippen LogP contribution is 2.21. The molecule has 20 heavy (non-hydrogen) atoms. The molecule has 0 atom stereocenters. The van der Waals surface area contributed by atoms with Gasteiger partial charge < -0.3 is 13.3 Å². The zero-order valence-corrected chi connectivity index (χ0v) is 12.7. The fourth-order valence-electron chi connectivity index (χ4n) is 2.22. The Bertz CT molecular complexity index is 533. The molecule has 1 aliphatic rings. The molecule has 7 heteroatoms. The Morgan fingerprint density at radius 1 is 1.00 bits per heavy atom. The molecule has 0 unspecified atom stereocenters. The van der Waals surface area contributed by atoms with Crippen molar-refractivity contribution in [3.05, 3.63) is 34.9 Å². The fraction of sp³-hybridized carbons (Fsp3) is 0.385. The van der Waals surface area contributed by atoms with Crippen LogP contribution in [0.15, 0.2) is 18.2 Å². The number of hydrogen-bond acceptors (Lipinski definition) is 5. The minimum Gasteiger partial charge on any atom is -0.377 e. The van der Waals surface area contributed by atoms with Gasteiger partial charge in [-0.05, 0) is 24.1 Å². The molecule has 0 fully saturated rings. The van der Waals surface area contributed by atoms with Gasteiger partial charge in [-0.3, -0.25) is 14.9 Å². The van der Waals surface area contributed by atoms with Gasteiger partial charge >= 0.3 is 8.80 Å². The van der Waals surface area contributed by atoms with Crippen molar-refractivity contribution in [3.8, 4) is 0 Å². The highest BCUT2D eigenvalue weighted by Gasteiger charge is 2.37. The number of imide groups is 1. The minimum atomic E-state index is -2.62. The zero-order valence-electron chi connectivity index (χ0n) is 11.7. The number of carbonyl (C=O) groups excluding carboxylic acids is 2. The van der Waals surface area contributed by atoms with Gasteiger partial charge in [0.2, 0.25) is 0 Å². The van der Waals surface area contributed by atoms with E-state index >= 15 is 0 Å². The Labute approximate surface area is 118 Å². The average molecular weight is 295 g/mol. The molecule has 0 aliphatic carbocycles. The van der Waals surface area contributed by atoms with Crippen LogP contribution in [0, 0.1) is 0 Å². The van der Waals surface area contributed by atoms with Crippen LogP contribution < -0.4 is 5.32 Å². The molecule has 0 saturated heterocycles. The summed E-state index contributed by atoms with van der Waals surface area (Å²) < 4.78 is 16.0. The van der Waals surface area contributed by atoms with Crippen LogP contribution in [-0.2, 0) is 19.7 Å². The van der Waals surface area contributed by atoms with Crippen LogP contribution in [0.2, 0.25) is 6.04 Å². The summed E-state index contributed by atoms with van der Waals surface area (Å²) in [5.74, 6) is -0.688. The lowest BCUT2D eigenvalue weighted by molar-refractivity contribution is 0.0879. The van der Waals surface area contributed by atoms with E-state index in [4.69, 9.17) is 13.3 Å². The van der Waals surface area contributed by atoms with Gasteiger partial charge in [0.25, 0.3) is 11.8 Å². The molecule has 1 heterocycles. The van der Waals surface area contributed by atoms with Crippen LogP contribution in [0.5, 0.6) is 0 Å². The summed E-state index contributed by atoms with van der Waals surface area (Å²) in [5.41, 5.74) is 1.79. The molecule has 0 radical (unpaired) electrons. The van der Waals surface area contributed by atoms with Crippen LogP contribution in [0.25, 0.3) is 0 Å². The maximum Gasteiger partial charge on any atom is 0.500 e. The molecule has 2 rings (SSSR count). The molecule has 108 valence electrons. The number of fused-ring (bicyclic) bond motifs is 1. The number of aryl methyl sites for hydroxylation is 1. The topological polar surface area (TPSA) is 73.9 Å². The van der Waals surface area contributed by atoms with Gasteiger partial charge in [0.15, 0.2) is 0 Å². The molecule has 2 amide bonds. The third kappa shape index (κ3) is 2.66. The van der Waals surface area contributed by atoms with E-state index in [9.17, 15) is 9.59 Å². The normalized spacial score (nSPS) is 14.3. The summed E-state index contributed by atoms with van der Waals surface area (Å²) in [6, 6.07) is 5.83. The lowest BCUT2D eigenvalue weighted by Crippen LogP contribution is -2.43. The standard InChI is InChI=1S/C13H17NO5Si/c1-17-20(18-2,19-3)7-6-9-4-5-10-11(8-9)13(16)14-12(10)15/h4-5,8H,6-7H2,1-3H3,(H,14,15,16). The maximum absolute atomic E-state index is 11.6. The van der Waals surface area contributed by atoms with Crippen LogP contribution in [0.3, 0.4) is 0 Å². The second kappa shape index (κ2) is 5.84. The predicted molar refractivity (Wildman–Crippen MR) is 73.5 cm³/mol. The second-order valence-electron chi connectivity index (χ2n) is 4.46. The van der Waals surface area contributed by atoms with E-state index in [0.717, 1.165) is 5.56 Å². The summed E-state index contributed by atoms with van der Waals surface area (Å²) in [6.07, 6.45) is 0.649. The minimum absolute atomic E-state index is 0.342. The molecule has 0 saturated carbocycles. The fourth-order valence-corrected chi connectivity index (χ4v) is 3.93. The Morgan fingerprint density at radius 2 is 1.60 bits per heavy atom. The molecule has 6 nitrogen and oxygen atoms in total. The summed E-state index contributed by atoms with van der Waals surface area (Å²) in [4.78, 5) is 23.1. The number of hydrogen-bond donors (Lipinski definition) is 1. The highest BCUT2D eigenvalue weighted by molar-refractivity contribution is 6.60. The number of rotatable bonds is 6. The van der Waals surface area contributed by atoms with Crippen molar-refractivity contribution in [1.29, 1.82) is 0 Å². The van der Waals surface area contributed by atoms with Crippen molar-refractivity contribution in [1.82, 2.24) is 5.32 Å². The summed E-state index contributed by atoms with van der Waals surface area (Å²) in [5, 5.41) is 2.27. The smallest absolute Gasteiger partial charge is 0.377 e. The lowest BCUT2D eigenvalue weighted by atomic mass is 10.0. The molecule has 0 spiro atoms. The SMILES string of the molecule is CO[Si](CCc1ccc2c(c1)C(=O)NC2=O)(OC)OC. The number of carbonyl (C=O) groups is 2. The van der Waals surface area contributed by atoms with Gasteiger partial charge in [-0.2, -0.15) is 0 Å². The Hall–Kier alpha value is -1.54. The van der Waals surface area contributed by atoms with Crippen molar-refractivity contribution in [2.75, 3.05) is 21.3 Å². The van der Waals surface area contributed by atoms with E-state index < -0.39 is 8.80 Å². The highest BCUT2D eigenvalue weighted by atomic mass is 28.4. The van der Waals surface area contributed by atoms with Gasteiger partial charge in [-0.1, -0.05) is 6.07 Å². The van der Waals surface area contributed by atoms with Gasteiger partial charge in [0.1, 0.15) is 0 Å². The third-order valence-electron chi connectivity index (χ3n) is 3.45. The summed E-state index contributed by atoms with van der Waals surface area (Å²) >= 11 is 0. The first kappa shape index (κ1) is 14.9. The first-order chi connectivity index (χ1) is 9.55. The Balaban J connectivity index is 2.14. The maximum atomic E-state index is 11.6. The molecule has 1 aromatic carbocycles. The number of nitrogens with one attached hydrogen (secondary N) is 1. The largest absolute Gasteiger partial charge is 0.500 e. The van der Waals surface area contributed by atoms with Gasteiger partial charge in [-0.15, -0.1) is 0 Å². The summed E-state index contributed by atoms with van der Waals surface area (Å²) in [7, 11) is 2.07. The number of amides is 2. The quantitative estimate of drug-likeness (QED) is 0.626. The van der Waals surface area contributed by atoms with Crippen LogP contribution in [0.1, 0.15) is 26.3 Å². The monoisotopic (exact) mass is 295 g/mol. The average Bonchev–Trinajstić information content (AvgIpc) is 2.76. The van der Waals surface area contributed by atoms with E-state index in [1.807, 2.05) is 6.07 Å². The van der Waals surface area contributed by atoms with E-state index in [1.165, 1.54) is 0 Å². The van der Waals surface area contributed by atoms with Crippen molar-refractivity contribution in [2.45, 2.75) is 12.5 Å². The zero-order chi connectivity index (χ0) is 14.8. The lowest BCUT2D eigenvalue weighted by Gasteiger charge is -2.24. The van der Waals surface area contributed by atoms with Crippen LogP contribution in [-0.4, -0.2) is 41.9 Å². The van der Waals surface area contributed by atoms with E-state index in [-0.39, 0.29) is 11.8 Å². The van der Waals surface area contributed by atoms with Gasteiger partial charge in [0.05, 0.1) is 11.1 Å². The van der Waals surface area contributed by atoms with Crippen molar-refractivity contribution < 1.29 is 22.9 Å². The Kier molecular flexibility index (Phi) is 4.34. The molecule has 1 N–H and O–H groups in total. The van der Waals surface area contributed by atoms with E-state index in [1.54, 1.807) is 33.5 Å². The number of benzene rings is 1. The predicted octanol–water partition coefficient (Wildman–Crippen LogP) is 0.991. The van der Waals surface area contributed by atoms with Crippen molar-refractivity contribution in [2.24, 2.45) is 0 Å². The van der Waals surface area contributed by atoms with Gasteiger partial charge in [0, 0.05) is 27.4 Å². The van der Waals surface area contributed by atoms with Crippen molar-refractivity contribution in [3.63, 3.8) is 0 Å². The van der Waals surface area contributed by atoms with Gasteiger partial charge in [-0.25, -0.2) is 0 Å². The summed E-state index contributed by atoms with van der Waals surface area (Å²) in [6.45, 7) is 0. The van der Waals surface area contributed by atoms with Crippen LogP contribution >= 0.6 is 0 Å². The molecular weight excluding hydrogens is 278 g/mol. The first-order valence-electron chi connectivity index (χ1n) is 6.19. The second-order valence-corrected chi connectivity index (χ2v) is 7.55.